The first-order chi connectivity index (χ1) is 15.5. The van der Waals surface area contributed by atoms with Crippen molar-refractivity contribution >= 4 is 11.8 Å². The van der Waals surface area contributed by atoms with Gasteiger partial charge in [0.2, 0.25) is 5.91 Å². The summed E-state index contributed by atoms with van der Waals surface area (Å²) < 4.78 is 36.0. The lowest BCUT2D eigenvalue weighted by Crippen LogP contribution is -2.53. The second kappa shape index (κ2) is 9.46. The summed E-state index contributed by atoms with van der Waals surface area (Å²) in [5, 5.41) is 5.36. The minimum atomic E-state index is -0.811. The third kappa shape index (κ3) is 5.00. The molecule has 1 aromatic carbocycles. The van der Waals surface area contributed by atoms with Crippen LogP contribution in [0.1, 0.15) is 43.4 Å². The molecule has 0 fully saturated rings. The summed E-state index contributed by atoms with van der Waals surface area (Å²) in [6.07, 6.45) is 0.747. The number of imidazole rings is 1. The maximum Gasteiger partial charge on any atom is 0.272 e. The van der Waals surface area contributed by atoms with Crippen LogP contribution in [0.4, 0.5) is 8.78 Å². The Morgan fingerprint density at radius 3 is 2.48 bits per heavy atom. The van der Waals surface area contributed by atoms with Gasteiger partial charge in [-0.3, -0.25) is 9.59 Å². The molecule has 0 radical (unpaired) electrons. The second-order valence-corrected chi connectivity index (χ2v) is 9.33. The van der Waals surface area contributed by atoms with E-state index in [1.54, 1.807) is 4.57 Å². The number of methoxy groups -OCH3 is 1. The molecule has 1 atom stereocenters. The molecule has 8 nitrogen and oxygen atoms in total. The van der Waals surface area contributed by atoms with E-state index in [4.69, 9.17) is 4.74 Å². The SMILES string of the molecule is CNC(=O)[C@@H](NC(=O)c1nc(-c2cc(F)c(OC)cc2F)n2c1CN(C)CCC2)C(C)(C)C. The molecule has 0 spiro atoms. The summed E-state index contributed by atoms with van der Waals surface area (Å²) in [7, 11) is 4.68. The molecule has 3 rings (SSSR count). The summed E-state index contributed by atoms with van der Waals surface area (Å²) in [5.74, 6) is -2.36. The quantitative estimate of drug-likeness (QED) is 0.712. The average Bonchev–Trinajstić information content (AvgIpc) is 2.97. The largest absolute Gasteiger partial charge is 0.494 e. The predicted octanol–water partition coefficient (Wildman–Crippen LogP) is 2.56. The van der Waals surface area contributed by atoms with Gasteiger partial charge in [0.1, 0.15) is 17.7 Å². The van der Waals surface area contributed by atoms with Crippen LogP contribution in [0.5, 0.6) is 5.75 Å². The first-order valence-corrected chi connectivity index (χ1v) is 10.8. The molecule has 1 aliphatic heterocycles. The molecule has 0 bridgehead atoms. The number of likely N-dealkylation sites (N-methyl/N-ethyl adjacent to an activating group) is 1. The lowest BCUT2D eigenvalue weighted by Gasteiger charge is -2.29. The fraction of sp³-hybridized carbons (Fsp3) is 0.522. The van der Waals surface area contributed by atoms with Crippen molar-refractivity contribution in [1.82, 2.24) is 25.1 Å². The van der Waals surface area contributed by atoms with Crippen molar-refractivity contribution < 1.29 is 23.1 Å². The van der Waals surface area contributed by atoms with Crippen LogP contribution in [0.15, 0.2) is 12.1 Å². The van der Waals surface area contributed by atoms with E-state index in [0.717, 1.165) is 25.1 Å². The van der Waals surface area contributed by atoms with Crippen molar-refractivity contribution in [3.63, 3.8) is 0 Å². The van der Waals surface area contributed by atoms with E-state index in [-0.39, 0.29) is 28.7 Å². The Balaban J connectivity index is 2.12. The number of benzene rings is 1. The zero-order valence-electron chi connectivity index (χ0n) is 19.9. The molecule has 0 saturated carbocycles. The third-order valence-electron chi connectivity index (χ3n) is 5.76. The minimum Gasteiger partial charge on any atom is -0.494 e. The molecule has 0 aliphatic carbocycles. The third-order valence-corrected chi connectivity index (χ3v) is 5.76. The normalized spacial score (nSPS) is 15.4. The van der Waals surface area contributed by atoms with Gasteiger partial charge in [0.25, 0.3) is 5.91 Å². The number of carbonyl (C=O) groups is 2. The van der Waals surface area contributed by atoms with Crippen LogP contribution < -0.4 is 15.4 Å². The van der Waals surface area contributed by atoms with E-state index < -0.39 is 29.0 Å². The molecule has 2 aromatic rings. The Morgan fingerprint density at radius 1 is 1.18 bits per heavy atom. The number of amides is 2. The Labute approximate surface area is 192 Å². The maximum atomic E-state index is 14.9. The highest BCUT2D eigenvalue weighted by Gasteiger charge is 2.35. The summed E-state index contributed by atoms with van der Waals surface area (Å²) in [6, 6.07) is 1.19. The van der Waals surface area contributed by atoms with E-state index in [0.29, 0.717) is 18.8 Å². The Hall–Kier alpha value is -3.01. The van der Waals surface area contributed by atoms with Crippen LogP contribution in [0.25, 0.3) is 11.4 Å². The number of rotatable bonds is 5. The van der Waals surface area contributed by atoms with Gasteiger partial charge < -0.3 is 24.8 Å². The van der Waals surface area contributed by atoms with Crippen LogP contribution in [-0.2, 0) is 17.9 Å². The average molecular weight is 464 g/mol. The van der Waals surface area contributed by atoms with Crippen LogP contribution in [0, 0.1) is 17.0 Å². The van der Waals surface area contributed by atoms with Crippen LogP contribution in [-0.4, -0.2) is 60.1 Å². The van der Waals surface area contributed by atoms with Gasteiger partial charge in [-0.15, -0.1) is 0 Å². The van der Waals surface area contributed by atoms with E-state index in [2.05, 4.69) is 15.6 Å². The van der Waals surface area contributed by atoms with Gasteiger partial charge in [-0.25, -0.2) is 13.8 Å². The van der Waals surface area contributed by atoms with Crippen LogP contribution >= 0.6 is 0 Å². The number of nitrogens with zero attached hydrogens (tertiary/aromatic N) is 3. The highest BCUT2D eigenvalue weighted by atomic mass is 19.1. The number of halogens is 2. The fourth-order valence-corrected chi connectivity index (χ4v) is 3.98. The van der Waals surface area contributed by atoms with E-state index in [1.165, 1.54) is 14.2 Å². The van der Waals surface area contributed by atoms with Gasteiger partial charge in [0, 0.05) is 26.2 Å². The van der Waals surface area contributed by atoms with Crippen molar-refractivity contribution in [3.8, 4) is 17.1 Å². The fourth-order valence-electron chi connectivity index (χ4n) is 3.98. The van der Waals surface area contributed by atoms with Gasteiger partial charge >= 0.3 is 0 Å². The molecular formula is C23H31F2N5O3. The molecule has 0 unspecified atom stereocenters. The van der Waals surface area contributed by atoms with Crippen molar-refractivity contribution in [1.29, 1.82) is 0 Å². The summed E-state index contributed by atoms with van der Waals surface area (Å²) in [5.41, 5.74) is 0.0594. The molecule has 2 amide bonds. The molecule has 0 saturated heterocycles. The molecule has 10 heteroatoms. The predicted molar refractivity (Wildman–Crippen MR) is 120 cm³/mol. The maximum absolute atomic E-state index is 14.9. The number of nitrogens with one attached hydrogen (secondary N) is 2. The highest BCUT2D eigenvalue weighted by molar-refractivity contribution is 5.97. The molecule has 2 heterocycles. The lowest BCUT2D eigenvalue weighted by atomic mass is 9.86. The summed E-state index contributed by atoms with van der Waals surface area (Å²) >= 11 is 0. The number of ether oxygens (including phenoxy) is 1. The lowest BCUT2D eigenvalue weighted by molar-refractivity contribution is -0.124. The standard InChI is InChI=1S/C23H31F2N5O3/c1-23(2,3)19(22(32)26-4)28-21(31)18-16-12-29(5)8-7-9-30(16)20(27-18)13-10-15(25)17(33-6)11-14(13)24/h10-11,19H,7-9,12H2,1-6H3,(H,26,32)(H,28,31)/t19-/m1/s1. The van der Waals surface area contributed by atoms with Gasteiger partial charge in [-0.05, 0) is 31.5 Å². The van der Waals surface area contributed by atoms with Crippen molar-refractivity contribution in [3.05, 3.63) is 35.2 Å². The van der Waals surface area contributed by atoms with Crippen LogP contribution in [0.2, 0.25) is 0 Å². The van der Waals surface area contributed by atoms with Crippen molar-refractivity contribution in [2.75, 3.05) is 27.7 Å². The van der Waals surface area contributed by atoms with Gasteiger partial charge in [-0.2, -0.15) is 0 Å². The first kappa shape index (κ1) is 24.6. The number of hydrogen-bond donors (Lipinski definition) is 2. The first-order valence-electron chi connectivity index (χ1n) is 10.8. The summed E-state index contributed by atoms with van der Waals surface area (Å²) in [6.45, 7) is 7.18. The van der Waals surface area contributed by atoms with E-state index >= 15 is 0 Å². The zero-order valence-corrected chi connectivity index (χ0v) is 19.9. The molecule has 33 heavy (non-hydrogen) atoms. The summed E-state index contributed by atoms with van der Waals surface area (Å²) in [4.78, 5) is 32.3. The highest BCUT2D eigenvalue weighted by Crippen LogP contribution is 2.32. The second-order valence-electron chi connectivity index (χ2n) is 9.33. The van der Waals surface area contributed by atoms with Gasteiger partial charge in [-0.1, -0.05) is 20.8 Å². The van der Waals surface area contributed by atoms with E-state index in [1.807, 2.05) is 32.7 Å². The minimum absolute atomic E-state index is 0.0585. The number of fused-ring (bicyclic) bond motifs is 1. The number of carbonyl (C=O) groups excluding carboxylic acids is 2. The number of hydrogen-bond acceptors (Lipinski definition) is 5. The van der Waals surface area contributed by atoms with Crippen LogP contribution in [0.3, 0.4) is 0 Å². The van der Waals surface area contributed by atoms with Crippen molar-refractivity contribution in [2.45, 2.75) is 46.3 Å². The Morgan fingerprint density at radius 2 is 1.88 bits per heavy atom. The molecular weight excluding hydrogens is 432 g/mol. The van der Waals surface area contributed by atoms with E-state index in [9.17, 15) is 18.4 Å². The van der Waals surface area contributed by atoms with Gasteiger partial charge in [0.05, 0.1) is 18.4 Å². The molecule has 1 aliphatic rings. The number of aromatic nitrogens is 2. The zero-order chi connectivity index (χ0) is 24.5. The smallest absolute Gasteiger partial charge is 0.272 e. The van der Waals surface area contributed by atoms with Gasteiger partial charge in [0.15, 0.2) is 17.3 Å². The molecule has 2 N–H and O–H groups in total. The topological polar surface area (TPSA) is 88.5 Å². The monoisotopic (exact) mass is 463 g/mol. The molecule has 1 aromatic heterocycles. The molecule has 180 valence electrons. The Kier molecular flexibility index (Phi) is 7.06. The Bertz CT molecular complexity index is 1060. The van der Waals surface area contributed by atoms with Crippen molar-refractivity contribution in [2.24, 2.45) is 5.41 Å².